The van der Waals surface area contributed by atoms with E-state index in [4.69, 9.17) is 0 Å². The molecule has 1 saturated heterocycles. The van der Waals surface area contributed by atoms with Gasteiger partial charge in [0, 0.05) is 11.8 Å². The van der Waals surface area contributed by atoms with Gasteiger partial charge in [-0.3, -0.25) is 19.7 Å². The van der Waals surface area contributed by atoms with E-state index in [0.29, 0.717) is 17.4 Å². The number of amides is 3. The molecule has 0 bridgehead atoms. The van der Waals surface area contributed by atoms with Crippen LogP contribution in [0.4, 0.5) is 10.5 Å². The van der Waals surface area contributed by atoms with E-state index in [1.807, 2.05) is 5.32 Å². The lowest BCUT2D eigenvalue weighted by Crippen LogP contribution is -2.33. The summed E-state index contributed by atoms with van der Waals surface area (Å²) in [5, 5.41) is 12.0. The normalized spacial score (nSPS) is 18.9. The first-order valence-corrected chi connectivity index (χ1v) is 5.55. The van der Waals surface area contributed by atoms with Gasteiger partial charge in [-0.2, -0.15) is 0 Å². The predicted octanol–water partition coefficient (Wildman–Crippen LogP) is 0.682. The Morgan fingerprint density at radius 2 is 2.18 bits per heavy atom. The Morgan fingerprint density at radius 1 is 1.41 bits per heavy atom. The zero-order valence-electron chi connectivity index (χ0n) is 8.47. The molecule has 1 aromatic rings. The average Bonchev–Trinajstić information content (AvgIpc) is 2.58. The molecular formula is C10H8N2O4S. The van der Waals surface area contributed by atoms with Crippen molar-refractivity contribution in [3.63, 3.8) is 0 Å². The summed E-state index contributed by atoms with van der Waals surface area (Å²) in [6, 6.07) is 5.92. The minimum atomic E-state index is -1.08. The number of aromatic hydroxyl groups is 1. The highest BCUT2D eigenvalue weighted by Crippen LogP contribution is 2.22. The number of carbonyl (C=O) groups excluding carboxylic acids is 3. The van der Waals surface area contributed by atoms with E-state index in [-0.39, 0.29) is 5.75 Å². The number of thioether (sulfide) groups is 1. The number of carbonyl (C=O) groups is 3. The Morgan fingerprint density at radius 3 is 2.76 bits per heavy atom. The molecule has 1 aliphatic rings. The van der Waals surface area contributed by atoms with Crippen LogP contribution in [0, 0.1) is 0 Å². The molecule has 0 saturated carbocycles. The van der Waals surface area contributed by atoms with Crippen LogP contribution in [0.2, 0.25) is 0 Å². The van der Waals surface area contributed by atoms with Crippen molar-refractivity contribution in [1.82, 2.24) is 5.32 Å². The van der Waals surface area contributed by atoms with Crippen molar-refractivity contribution in [3.8, 4) is 5.75 Å². The first-order valence-electron chi connectivity index (χ1n) is 4.67. The molecule has 88 valence electrons. The molecule has 1 aromatic carbocycles. The van der Waals surface area contributed by atoms with Crippen molar-refractivity contribution in [2.24, 2.45) is 0 Å². The number of imide groups is 1. The van der Waals surface area contributed by atoms with Crippen LogP contribution < -0.4 is 10.6 Å². The molecule has 3 N–H and O–H groups in total. The third-order valence-corrected chi connectivity index (χ3v) is 3.02. The van der Waals surface area contributed by atoms with Gasteiger partial charge >= 0.3 is 0 Å². The largest absolute Gasteiger partial charge is 0.508 e. The van der Waals surface area contributed by atoms with E-state index in [9.17, 15) is 19.5 Å². The number of benzene rings is 1. The Balaban J connectivity index is 2.07. The van der Waals surface area contributed by atoms with Crippen molar-refractivity contribution in [2.45, 2.75) is 5.25 Å². The average molecular weight is 252 g/mol. The molecule has 7 heteroatoms. The van der Waals surface area contributed by atoms with Crippen molar-refractivity contribution < 1.29 is 19.5 Å². The topological polar surface area (TPSA) is 95.5 Å². The summed E-state index contributed by atoms with van der Waals surface area (Å²) in [6.07, 6.45) is 0. The summed E-state index contributed by atoms with van der Waals surface area (Å²) in [5.41, 5.74) is 0.364. The van der Waals surface area contributed by atoms with Crippen LogP contribution in [0.1, 0.15) is 0 Å². The Bertz CT molecular complexity index is 503. The van der Waals surface area contributed by atoms with Crippen LogP contribution in [0.25, 0.3) is 0 Å². The van der Waals surface area contributed by atoms with Gasteiger partial charge in [0.05, 0.1) is 0 Å². The Hall–Kier alpha value is -2.02. The number of rotatable bonds is 2. The molecule has 0 radical (unpaired) electrons. The molecule has 1 aliphatic heterocycles. The lowest BCUT2D eigenvalue weighted by atomic mass is 10.3. The third-order valence-electron chi connectivity index (χ3n) is 2.04. The number of phenols is 1. The second-order valence-electron chi connectivity index (χ2n) is 3.31. The van der Waals surface area contributed by atoms with E-state index in [1.165, 1.54) is 12.1 Å². The summed E-state index contributed by atoms with van der Waals surface area (Å²) in [5.74, 6) is -1.22. The van der Waals surface area contributed by atoms with Crippen LogP contribution in [-0.2, 0) is 9.59 Å². The zero-order valence-corrected chi connectivity index (χ0v) is 9.28. The molecule has 0 spiro atoms. The third kappa shape index (κ3) is 2.56. The fourth-order valence-corrected chi connectivity index (χ4v) is 2.03. The van der Waals surface area contributed by atoms with Gasteiger partial charge in [0.2, 0.25) is 5.91 Å². The molecule has 0 aliphatic carbocycles. The molecule has 1 atom stereocenters. The van der Waals surface area contributed by atoms with Gasteiger partial charge in [-0.1, -0.05) is 6.07 Å². The maximum atomic E-state index is 11.7. The number of nitrogens with one attached hydrogen (secondary N) is 2. The highest BCUT2D eigenvalue weighted by Gasteiger charge is 2.37. The smallest absolute Gasteiger partial charge is 0.286 e. The molecule has 6 nitrogen and oxygen atoms in total. The molecule has 1 unspecified atom stereocenters. The minimum absolute atomic E-state index is 0.00222. The van der Waals surface area contributed by atoms with Gasteiger partial charge in [0.15, 0.2) is 5.25 Å². The second kappa shape index (κ2) is 4.46. The van der Waals surface area contributed by atoms with Crippen LogP contribution in [0.15, 0.2) is 24.3 Å². The van der Waals surface area contributed by atoms with E-state index in [1.54, 1.807) is 12.1 Å². The van der Waals surface area contributed by atoms with Gasteiger partial charge in [-0.15, -0.1) is 0 Å². The number of hydrogen-bond acceptors (Lipinski definition) is 5. The van der Waals surface area contributed by atoms with Crippen LogP contribution >= 0.6 is 11.8 Å². The zero-order chi connectivity index (χ0) is 12.4. The fraction of sp³-hybridized carbons (Fsp3) is 0.100. The molecule has 0 aromatic heterocycles. The first-order chi connectivity index (χ1) is 8.06. The van der Waals surface area contributed by atoms with E-state index >= 15 is 0 Å². The molecular weight excluding hydrogens is 244 g/mol. The van der Waals surface area contributed by atoms with Gasteiger partial charge in [-0.25, -0.2) is 0 Å². The van der Waals surface area contributed by atoms with E-state index < -0.39 is 22.3 Å². The summed E-state index contributed by atoms with van der Waals surface area (Å²) >= 11 is 0.631. The van der Waals surface area contributed by atoms with Crippen molar-refractivity contribution in [3.05, 3.63) is 24.3 Å². The molecule has 2 rings (SSSR count). The maximum absolute atomic E-state index is 11.7. The van der Waals surface area contributed by atoms with Crippen LogP contribution in [0.5, 0.6) is 5.75 Å². The van der Waals surface area contributed by atoms with Crippen molar-refractivity contribution in [2.75, 3.05) is 5.32 Å². The number of hydrogen-bond donors (Lipinski definition) is 3. The first kappa shape index (κ1) is 11.5. The molecule has 17 heavy (non-hydrogen) atoms. The summed E-state index contributed by atoms with van der Waals surface area (Å²) in [4.78, 5) is 33.8. The number of phenolic OH excluding ortho intramolecular Hbond substituents is 1. The monoisotopic (exact) mass is 252 g/mol. The van der Waals surface area contributed by atoms with Gasteiger partial charge in [-0.05, 0) is 23.9 Å². The number of anilines is 1. The van der Waals surface area contributed by atoms with Gasteiger partial charge in [0.1, 0.15) is 5.75 Å². The second-order valence-corrected chi connectivity index (χ2v) is 4.39. The van der Waals surface area contributed by atoms with Gasteiger partial charge < -0.3 is 10.4 Å². The summed E-state index contributed by atoms with van der Waals surface area (Å²) in [7, 11) is 0. The van der Waals surface area contributed by atoms with E-state index in [0.717, 1.165) is 0 Å². The Labute approximate surface area is 100 Å². The Kier molecular flexibility index (Phi) is 3.01. The van der Waals surface area contributed by atoms with Crippen LogP contribution in [-0.4, -0.2) is 27.4 Å². The molecule has 3 amide bonds. The minimum Gasteiger partial charge on any atom is -0.508 e. The maximum Gasteiger partial charge on any atom is 0.286 e. The quantitative estimate of drug-likeness (QED) is 0.673. The molecule has 1 heterocycles. The SMILES string of the molecule is O=C1NC(=O)C(C(=O)Nc2cccc(O)c2)S1. The standard InChI is InChI=1S/C10H8N2O4S/c13-6-3-1-2-5(4-6)11-8(14)7-9(15)12-10(16)17-7/h1-4,7,13H,(H,11,14)(H,12,15,16). The highest BCUT2D eigenvalue weighted by molar-refractivity contribution is 8.16. The summed E-state index contributed by atoms with van der Waals surface area (Å²) in [6.45, 7) is 0. The van der Waals surface area contributed by atoms with Gasteiger partial charge in [0.25, 0.3) is 11.1 Å². The highest BCUT2D eigenvalue weighted by atomic mass is 32.2. The summed E-state index contributed by atoms with van der Waals surface area (Å²) < 4.78 is 0. The van der Waals surface area contributed by atoms with E-state index in [2.05, 4.69) is 5.32 Å². The predicted molar refractivity (Wildman–Crippen MR) is 61.7 cm³/mol. The lowest BCUT2D eigenvalue weighted by Gasteiger charge is -2.07. The molecule has 1 fully saturated rings. The fourth-order valence-electron chi connectivity index (χ4n) is 1.32. The van der Waals surface area contributed by atoms with Crippen LogP contribution in [0.3, 0.4) is 0 Å². The lowest BCUT2D eigenvalue weighted by molar-refractivity contribution is -0.124. The van der Waals surface area contributed by atoms with Crippen molar-refractivity contribution in [1.29, 1.82) is 0 Å². The van der Waals surface area contributed by atoms with Crippen molar-refractivity contribution >= 4 is 34.5 Å².